The van der Waals surface area contributed by atoms with Crippen molar-refractivity contribution in [2.45, 2.75) is 39.2 Å². The molecule has 1 aromatic carbocycles. The Bertz CT molecular complexity index is 896. The fourth-order valence-corrected chi connectivity index (χ4v) is 3.89. The number of rotatable bonds is 5. The Labute approximate surface area is 153 Å². The summed E-state index contributed by atoms with van der Waals surface area (Å²) in [7, 11) is 0. The highest BCUT2D eigenvalue weighted by Crippen LogP contribution is 2.22. The molecule has 0 radical (unpaired) electrons. The number of benzene rings is 1. The van der Waals surface area contributed by atoms with E-state index in [1.54, 1.807) is 0 Å². The van der Waals surface area contributed by atoms with Gasteiger partial charge in [0.2, 0.25) is 5.91 Å². The van der Waals surface area contributed by atoms with Crippen LogP contribution in [0.2, 0.25) is 0 Å². The van der Waals surface area contributed by atoms with Gasteiger partial charge in [-0.2, -0.15) is 10.2 Å². The normalized spacial score (nSPS) is 17.7. The Morgan fingerprint density at radius 3 is 3.04 bits per heavy atom. The first kappa shape index (κ1) is 16.8. The smallest absolute Gasteiger partial charge is 0.224 e. The summed E-state index contributed by atoms with van der Waals surface area (Å²) in [6.07, 6.45) is 7.46. The van der Waals surface area contributed by atoms with Crippen molar-refractivity contribution >= 4 is 16.8 Å². The summed E-state index contributed by atoms with van der Waals surface area (Å²) in [5, 5.41) is 12.7. The molecule has 1 unspecified atom stereocenters. The monoisotopic (exact) mass is 351 g/mol. The molecule has 1 fully saturated rings. The number of carbonyl (C=O) groups is 1. The van der Waals surface area contributed by atoms with E-state index in [9.17, 15) is 4.79 Å². The number of H-pyrrole nitrogens is 1. The quantitative estimate of drug-likeness (QED) is 0.768. The Balaban J connectivity index is 1.34. The molecule has 4 rings (SSSR count). The minimum absolute atomic E-state index is 0.232. The molecule has 1 aliphatic heterocycles. The Morgan fingerprint density at radius 2 is 2.19 bits per heavy atom. The average molecular weight is 351 g/mol. The number of carbonyl (C=O) groups excluding carboxylic acids is 1. The van der Waals surface area contributed by atoms with Crippen LogP contribution in [0.5, 0.6) is 0 Å². The van der Waals surface area contributed by atoms with Gasteiger partial charge in [0.25, 0.3) is 0 Å². The first-order valence-corrected chi connectivity index (χ1v) is 9.38. The molecule has 6 heteroatoms. The van der Waals surface area contributed by atoms with Gasteiger partial charge < -0.3 is 4.90 Å². The van der Waals surface area contributed by atoms with E-state index in [1.165, 1.54) is 17.7 Å². The Hall–Kier alpha value is -2.63. The number of amides is 1. The number of nitrogens with one attached hydrogen (secondary N) is 1. The number of hydrogen-bond acceptors (Lipinski definition) is 3. The first-order chi connectivity index (χ1) is 12.7. The molecule has 1 amide bonds. The molecule has 6 nitrogen and oxygen atoms in total. The summed E-state index contributed by atoms with van der Waals surface area (Å²) in [6, 6.07) is 8.12. The number of hydrogen-bond donors (Lipinski definition) is 1. The van der Waals surface area contributed by atoms with E-state index >= 15 is 0 Å². The second-order valence-corrected chi connectivity index (χ2v) is 7.26. The molecule has 0 spiro atoms. The van der Waals surface area contributed by atoms with Crippen molar-refractivity contribution in [1.82, 2.24) is 24.9 Å². The number of aromatic nitrogens is 4. The predicted molar refractivity (Wildman–Crippen MR) is 101 cm³/mol. The SMILES string of the molecule is Cc1cn[nH]c1CC1CCCN(C(=O)CCn2ncc3ccccc32)C1. The summed E-state index contributed by atoms with van der Waals surface area (Å²) in [4.78, 5) is 14.7. The molecule has 1 N–H and O–H groups in total. The van der Waals surface area contributed by atoms with Gasteiger partial charge in [0.05, 0.1) is 24.5 Å². The van der Waals surface area contributed by atoms with Gasteiger partial charge in [0.1, 0.15) is 0 Å². The second kappa shape index (κ2) is 7.32. The van der Waals surface area contributed by atoms with Crippen LogP contribution in [-0.2, 0) is 17.8 Å². The summed E-state index contributed by atoms with van der Waals surface area (Å²) in [5.41, 5.74) is 3.50. The number of aromatic amines is 1. The van der Waals surface area contributed by atoms with Crippen molar-refractivity contribution in [2.24, 2.45) is 5.92 Å². The molecule has 2 aromatic heterocycles. The number of para-hydroxylation sites is 1. The average Bonchev–Trinajstić information content (AvgIpc) is 3.26. The van der Waals surface area contributed by atoms with Crippen LogP contribution >= 0.6 is 0 Å². The fourth-order valence-electron chi connectivity index (χ4n) is 3.89. The van der Waals surface area contributed by atoms with Crippen molar-refractivity contribution in [2.75, 3.05) is 13.1 Å². The Morgan fingerprint density at radius 1 is 1.31 bits per heavy atom. The number of aryl methyl sites for hydroxylation is 2. The van der Waals surface area contributed by atoms with Gasteiger partial charge in [-0.1, -0.05) is 18.2 Å². The van der Waals surface area contributed by atoms with Gasteiger partial charge in [0, 0.05) is 30.6 Å². The van der Waals surface area contributed by atoms with Crippen LogP contribution in [0, 0.1) is 12.8 Å². The molecule has 3 aromatic rings. The molecular formula is C20H25N5O. The molecule has 0 bridgehead atoms. The van der Waals surface area contributed by atoms with E-state index < -0.39 is 0 Å². The zero-order valence-corrected chi connectivity index (χ0v) is 15.2. The molecule has 0 aliphatic carbocycles. The van der Waals surface area contributed by atoms with Crippen molar-refractivity contribution < 1.29 is 4.79 Å². The lowest BCUT2D eigenvalue weighted by atomic mass is 9.92. The number of fused-ring (bicyclic) bond motifs is 1. The maximum absolute atomic E-state index is 12.7. The predicted octanol–water partition coefficient (Wildman–Crippen LogP) is 2.94. The maximum Gasteiger partial charge on any atom is 0.224 e. The first-order valence-electron chi connectivity index (χ1n) is 9.38. The summed E-state index contributed by atoms with van der Waals surface area (Å²) in [5.74, 6) is 0.744. The highest BCUT2D eigenvalue weighted by molar-refractivity contribution is 5.79. The van der Waals surface area contributed by atoms with Gasteiger partial charge in [-0.3, -0.25) is 14.6 Å². The van der Waals surface area contributed by atoms with Crippen molar-refractivity contribution in [3.63, 3.8) is 0 Å². The zero-order valence-electron chi connectivity index (χ0n) is 15.2. The van der Waals surface area contributed by atoms with Crippen LogP contribution in [0.4, 0.5) is 0 Å². The van der Waals surface area contributed by atoms with Crippen LogP contribution in [0.3, 0.4) is 0 Å². The highest BCUT2D eigenvalue weighted by atomic mass is 16.2. The van der Waals surface area contributed by atoms with Crippen molar-refractivity contribution in [3.8, 4) is 0 Å². The third kappa shape index (κ3) is 3.49. The minimum atomic E-state index is 0.232. The number of piperidine rings is 1. The minimum Gasteiger partial charge on any atom is -0.342 e. The van der Waals surface area contributed by atoms with Crippen LogP contribution < -0.4 is 0 Å². The molecular weight excluding hydrogens is 326 g/mol. The van der Waals surface area contributed by atoms with Crippen molar-refractivity contribution in [1.29, 1.82) is 0 Å². The Kier molecular flexibility index (Phi) is 4.73. The summed E-state index contributed by atoms with van der Waals surface area (Å²) >= 11 is 0. The number of nitrogens with zero attached hydrogens (tertiary/aromatic N) is 4. The molecule has 136 valence electrons. The molecule has 1 atom stereocenters. The molecule has 3 heterocycles. The van der Waals surface area contributed by atoms with E-state index in [1.807, 2.05) is 40.2 Å². The second-order valence-electron chi connectivity index (χ2n) is 7.26. The van der Waals surface area contributed by atoms with Crippen LogP contribution in [-0.4, -0.2) is 43.9 Å². The van der Waals surface area contributed by atoms with Crippen LogP contribution in [0.25, 0.3) is 10.9 Å². The molecule has 1 aliphatic rings. The molecule has 26 heavy (non-hydrogen) atoms. The van der Waals surface area contributed by atoms with E-state index in [0.717, 1.165) is 36.8 Å². The third-order valence-corrected chi connectivity index (χ3v) is 5.39. The van der Waals surface area contributed by atoms with Crippen LogP contribution in [0.15, 0.2) is 36.7 Å². The van der Waals surface area contributed by atoms with Gasteiger partial charge in [-0.25, -0.2) is 0 Å². The zero-order chi connectivity index (χ0) is 17.9. The van der Waals surface area contributed by atoms with E-state index in [2.05, 4.69) is 28.3 Å². The lowest BCUT2D eigenvalue weighted by Gasteiger charge is -2.33. The van der Waals surface area contributed by atoms with Gasteiger partial charge >= 0.3 is 0 Å². The highest BCUT2D eigenvalue weighted by Gasteiger charge is 2.24. The lowest BCUT2D eigenvalue weighted by Crippen LogP contribution is -2.40. The summed E-state index contributed by atoms with van der Waals surface area (Å²) < 4.78 is 1.93. The van der Waals surface area contributed by atoms with E-state index in [-0.39, 0.29) is 5.91 Å². The van der Waals surface area contributed by atoms with Crippen molar-refractivity contribution in [3.05, 3.63) is 47.9 Å². The fraction of sp³-hybridized carbons (Fsp3) is 0.450. The maximum atomic E-state index is 12.7. The van der Waals surface area contributed by atoms with Gasteiger partial charge in [-0.15, -0.1) is 0 Å². The van der Waals surface area contributed by atoms with Gasteiger partial charge in [-0.05, 0) is 43.7 Å². The topological polar surface area (TPSA) is 66.8 Å². The third-order valence-electron chi connectivity index (χ3n) is 5.39. The summed E-state index contributed by atoms with van der Waals surface area (Å²) in [6.45, 7) is 4.43. The molecule has 0 saturated carbocycles. The molecule has 1 saturated heterocycles. The number of likely N-dealkylation sites (tertiary alicyclic amines) is 1. The standard InChI is InChI=1S/C20H25N5O/c1-15-12-21-23-18(15)11-16-5-4-9-24(14-16)20(26)8-10-25-19-7-3-2-6-17(19)13-22-25/h2-3,6-7,12-13,16H,4-5,8-11,14H2,1H3,(H,21,23). The largest absolute Gasteiger partial charge is 0.342 e. The van der Waals surface area contributed by atoms with E-state index in [0.29, 0.717) is 18.9 Å². The lowest BCUT2D eigenvalue weighted by molar-refractivity contribution is -0.133. The van der Waals surface area contributed by atoms with Gasteiger partial charge in [0.15, 0.2) is 0 Å². The van der Waals surface area contributed by atoms with Crippen LogP contribution in [0.1, 0.15) is 30.5 Å². The van der Waals surface area contributed by atoms with E-state index in [4.69, 9.17) is 0 Å².